The monoisotopic (exact) mass is 291 g/mol. The van der Waals surface area contributed by atoms with E-state index >= 15 is 0 Å². The molecule has 0 radical (unpaired) electrons. The zero-order valence-corrected chi connectivity index (χ0v) is 12.2. The average molecular weight is 291 g/mol. The van der Waals surface area contributed by atoms with Crippen LogP contribution in [0.4, 0.5) is 0 Å². The van der Waals surface area contributed by atoms with Crippen molar-refractivity contribution in [3.8, 4) is 0 Å². The van der Waals surface area contributed by atoms with E-state index < -0.39 is 6.10 Å². The van der Waals surface area contributed by atoms with E-state index in [1.54, 1.807) is 21.9 Å². The molecule has 2 amide bonds. The van der Waals surface area contributed by atoms with Crippen molar-refractivity contribution in [1.82, 2.24) is 9.80 Å². The molecule has 1 unspecified atom stereocenters. The van der Waals surface area contributed by atoms with Crippen molar-refractivity contribution in [3.63, 3.8) is 0 Å². The summed E-state index contributed by atoms with van der Waals surface area (Å²) in [7, 11) is 0. The van der Waals surface area contributed by atoms with Crippen LogP contribution < -0.4 is 5.73 Å². The molecule has 1 aromatic rings. The summed E-state index contributed by atoms with van der Waals surface area (Å²) in [4.78, 5) is 27.3. The number of carbonyl (C=O) groups excluding carboxylic acids is 2. The molecule has 21 heavy (non-hydrogen) atoms. The minimum atomic E-state index is -0.990. The van der Waals surface area contributed by atoms with Crippen molar-refractivity contribution in [1.29, 1.82) is 0 Å². The van der Waals surface area contributed by atoms with Crippen LogP contribution in [-0.2, 0) is 11.3 Å². The zero-order chi connectivity index (χ0) is 15.4. The molecule has 1 heterocycles. The molecule has 0 aromatic heterocycles. The van der Waals surface area contributed by atoms with Gasteiger partial charge in [-0.3, -0.25) is 9.59 Å². The van der Waals surface area contributed by atoms with Gasteiger partial charge in [0.1, 0.15) is 6.10 Å². The lowest BCUT2D eigenvalue weighted by molar-refractivity contribution is -0.140. The molecular formula is C15H21N3O3. The Balaban J connectivity index is 1.95. The fourth-order valence-electron chi connectivity index (χ4n) is 2.36. The summed E-state index contributed by atoms with van der Waals surface area (Å²) >= 11 is 0. The van der Waals surface area contributed by atoms with Crippen LogP contribution in [0.3, 0.4) is 0 Å². The molecule has 1 aliphatic rings. The molecule has 0 bridgehead atoms. The normalized spacial score (nSPS) is 16.7. The Morgan fingerprint density at radius 1 is 1.14 bits per heavy atom. The number of hydrogen-bond donors (Lipinski definition) is 2. The Bertz CT molecular complexity index is 505. The third kappa shape index (κ3) is 3.59. The summed E-state index contributed by atoms with van der Waals surface area (Å²) in [5, 5.41) is 9.29. The van der Waals surface area contributed by atoms with Crippen molar-refractivity contribution >= 4 is 11.8 Å². The number of carbonyl (C=O) groups is 2. The minimum Gasteiger partial charge on any atom is -0.384 e. The van der Waals surface area contributed by atoms with Crippen LogP contribution >= 0.6 is 0 Å². The maximum Gasteiger partial charge on any atom is 0.253 e. The number of rotatable bonds is 3. The first-order valence-electron chi connectivity index (χ1n) is 7.08. The van der Waals surface area contributed by atoms with Crippen LogP contribution in [0.2, 0.25) is 0 Å². The van der Waals surface area contributed by atoms with Crippen molar-refractivity contribution in [2.45, 2.75) is 19.6 Å². The minimum absolute atomic E-state index is 0.0392. The first kappa shape index (κ1) is 15.5. The third-order valence-electron chi connectivity index (χ3n) is 3.67. The van der Waals surface area contributed by atoms with E-state index in [-0.39, 0.29) is 11.8 Å². The lowest BCUT2D eigenvalue weighted by atomic mass is 10.1. The number of hydrogen-bond acceptors (Lipinski definition) is 4. The highest BCUT2D eigenvalue weighted by atomic mass is 16.3. The second-order valence-corrected chi connectivity index (χ2v) is 5.19. The number of amides is 2. The first-order chi connectivity index (χ1) is 10.0. The lowest BCUT2D eigenvalue weighted by Gasteiger charge is -2.35. The van der Waals surface area contributed by atoms with Gasteiger partial charge in [-0.2, -0.15) is 0 Å². The molecule has 3 N–H and O–H groups in total. The summed E-state index contributed by atoms with van der Waals surface area (Å²) < 4.78 is 0. The maximum atomic E-state index is 12.4. The highest BCUT2D eigenvalue weighted by molar-refractivity contribution is 5.94. The number of nitrogens with zero attached hydrogens (tertiary/aromatic N) is 2. The van der Waals surface area contributed by atoms with E-state index in [1.165, 1.54) is 6.92 Å². The molecule has 0 aliphatic carbocycles. The smallest absolute Gasteiger partial charge is 0.253 e. The van der Waals surface area contributed by atoms with E-state index in [4.69, 9.17) is 5.73 Å². The predicted octanol–water partition coefficient (Wildman–Crippen LogP) is -0.189. The molecule has 1 saturated heterocycles. The quantitative estimate of drug-likeness (QED) is 0.808. The standard InChI is InChI=1S/C15H21N3O3/c1-11(19)14(20)17-6-8-18(9-7-17)15(21)13-4-2-12(10-16)3-5-13/h2-5,11,19H,6-10,16H2,1H3. The van der Waals surface area contributed by atoms with E-state index in [9.17, 15) is 14.7 Å². The molecule has 114 valence electrons. The maximum absolute atomic E-state index is 12.4. The molecule has 6 nitrogen and oxygen atoms in total. The van der Waals surface area contributed by atoms with Crippen LogP contribution in [0, 0.1) is 0 Å². The molecule has 1 atom stereocenters. The summed E-state index contributed by atoms with van der Waals surface area (Å²) in [5.74, 6) is -0.322. The third-order valence-corrected chi connectivity index (χ3v) is 3.67. The predicted molar refractivity (Wildman–Crippen MR) is 78.5 cm³/mol. The largest absolute Gasteiger partial charge is 0.384 e. The van der Waals surface area contributed by atoms with Gasteiger partial charge in [0.25, 0.3) is 11.8 Å². The van der Waals surface area contributed by atoms with E-state index in [0.29, 0.717) is 38.3 Å². The van der Waals surface area contributed by atoms with Gasteiger partial charge < -0.3 is 20.6 Å². The van der Waals surface area contributed by atoms with Crippen LogP contribution in [0.25, 0.3) is 0 Å². The topological polar surface area (TPSA) is 86.9 Å². The molecule has 0 saturated carbocycles. The molecule has 1 aliphatic heterocycles. The Morgan fingerprint density at radius 2 is 1.67 bits per heavy atom. The summed E-state index contributed by atoms with van der Waals surface area (Å²) in [6.45, 7) is 3.78. The van der Waals surface area contributed by atoms with Gasteiger partial charge in [0.2, 0.25) is 0 Å². The zero-order valence-electron chi connectivity index (χ0n) is 12.2. The highest BCUT2D eigenvalue weighted by Gasteiger charge is 2.26. The Hall–Kier alpha value is -1.92. The fourth-order valence-corrected chi connectivity index (χ4v) is 2.36. The van der Waals surface area contributed by atoms with Gasteiger partial charge in [-0.05, 0) is 24.6 Å². The molecule has 1 fully saturated rings. The van der Waals surface area contributed by atoms with Crippen LogP contribution in [0.5, 0.6) is 0 Å². The van der Waals surface area contributed by atoms with Gasteiger partial charge in [0, 0.05) is 38.3 Å². The van der Waals surface area contributed by atoms with Gasteiger partial charge >= 0.3 is 0 Å². The number of benzene rings is 1. The van der Waals surface area contributed by atoms with Crippen molar-refractivity contribution in [2.75, 3.05) is 26.2 Å². The van der Waals surface area contributed by atoms with E-state index in [2.05, 4.69) is 0 Å². The Morgan fingerprint density at radius 3 is 2.14 bits per heavy atom. The van der Waals surface area contributed by atoms with Gasteiger partial charge in [-0.1, -0.05) is 12.1 Å². The number of piperazine rings is 1. The SMILES string of the molecule is CC(O)C(=O)N1CCN(C(=O)c2ccc(CN)cc2)CC1. The van der Waals surface area contributed by atoms with Crippen LogP contribution in [0.1, 0.15) is 22.8 Å². The summed E-state index contributed by atoms with van der Waals surface area (Å²) in [6, 6.07) is 7.25. The molecule has 6 heteroatoms. The summed E-state index contributed by atoms with van der Waals surface area (Å²) in [5.41, 5.74) is 7.15. The van der Waals surface area contributed by atoms with Crippen molar-refractivity contribution in [2.24, 2.45) is 5.73 Å². The number of nitrogens with two attached hydrogens (primary N) is 1. The lowest BCUT2D eigenvalue weighted by Crippen LogP contribution is -2.52. The average Bonchev–Trinajstić information content (AvgIpc) is 2.53. The Kier molecular flexibility index (Phi) is 4.93. The summed E-state index contributed by atoms with van der Waals surface area (Å²) in [6.07, 6.45) is -0.990. The van der Waals surface area contributed by atoms with Crippen molar-refractivity contribution in [3.05, 3.63) is 35.4 Å². The van der Waals surface area contributed by atoms with E-state index in [1.807, 2.05) is 12.1 Å². The molecular weight excluding hydrogens is 270 g/mol. The fraction of sp³-hybridized carbons (Fsp3) is 0.467. The number of aliphatic hydroxyl groups excluding tert-OH is 1. The van der Waals surface area contributed by atoms with Gasteiger partial charge in [0.05, 0.1) is 0 Å². The second kappa shape index (κ2) is 6.69. The van der Waals surface area contributed by atoms with Gasteiger partial charge in [-0.25, -0.2) is 0 Å². The first-order valence-corrected chi connectivity index (χ1v) is 7.08. The molecule has 0 spiro atoms. The van der Waals surface area contributed by atoms with Crippen molar-refractivity contribution < 1.29 is 14.7 Å². The molecule has 1 aromatic carbocycles. The van der Waals surface area contributed by atoms with Gasteiger partial charge in [-0.15, -0.1) is 0 Å². The Labute approximate surface area is 124 Å². The molecule has 2 rings (SSSR count). The van der Waals surface area contributed by atoms with Crippen LogP contribution in [-0.4, -0.2) is 59.0 Å². The van der Waals surface area contributed by atoms with Crippen LogP contribution in [0.15, 0.2) is 24.3 Å². The number of aliphatic hydroxyl groups is 1. The van der Waals surface area contributed by atoms with Gasteiger partial charge in [0.15, 0.2) is 0 Å². The second-order valence-electron chi connectivity index (χ2n) is 5.19. The highest BCUT2D eigenvalue weighted by Crippen LogP contribution is 2.11. The van der Waals surface area contributed by atoms with E-state index in [0.717, 1.165) is 5.56 Å².